The van der Waals surface area contributed by atoms with Gasteiger partial charge in [-0.05, 0) is 38.0 Å². The van der Waals surface area contributed by atoms with Gasteiger partial charge in [-0.1, -0.05) is 25.5 Å². The molecule has 2 atom stereocenters. The summed E-state index contributed by atoms with van der Waals surface area (Å²) in [6.45, 7) is 7.31. The fourth-order valence-corrected chi connectivity index (χ4v) is 4.29. The Kier molecular flexibility index (Phi) is 4.83. The molecule has 0 bridgehead atoms. The number of nitrogens with one attached hydrogen (secondary N) is 1. The van der Waals surface area contributed by atoms with Gasteiger partial charge < -0.3 is 5.32 Å². The lowest BCUT2D eigenvalue weighted by Crippen LogP contribution is -2.56. The van der Waals surface area contributed by atoms with E-state index in [2.05, 4.69) is 12.2 Å². The van der Waals surface area contributed by atoms with Crippen LogP contribution in [-0.4, -0.2) is 37.9 Å². The quantitative estimate of drug-likeness (QED) is 0.924. The first-order valence-corrected chi connectivity index (χ1v) is 8.73. The first-order chi connectivity index (χ1) is 9.45. The van der Waals surface area contributed by atoms with Crippen molar-refractivity contribution in [3.05, 3.63) is 29.8 Å². The SMILES string of the molecule is CCCc1ccc(S(=O)(=O)N2CC(C)NCC2C)cc1. The van der Waals surface area contributed by atoms with Crippen LogP contribution in [0.4, 0.5) is 0 Å². The molecule has 1 N–H and O–H groups in total. The summed E-state index contributed by atoms with van der Waals surface area (Å²) in [5.74, 6) is 0. The van der Waals surface area contributed by atoms with Crippen LogP contribution in [0.5, 0.6) is 0 Å². The molecule has 1 aliphatic rings. The largest absolute Gasteiger partial charge is 0.311 e. The van der Waals surface area contributed by atoms with Crippen LogP contribution in [0.3, 0.4) is 0 Å². The van der Waals surface area contributed by atoms with Crippen LogP contribution < -0.4 is 5.32 Å². The predicted molar refractivity (Wildman–Crippen MR) is 81.3 cm³/mol. The first-order valence-electron chi connectivity index (χ1n) is 7.29. The highest BCUT2D eigenvalue weighted by Gasteiger charge is 2.33. The predicted octanol–water partition coefficient (Wildman–Crippen LogP) is 2.01. The molecular formula is C15H24N2O2S. The molecular weight excluding hydrogens is 272 g/mol. The fourth-order valence-electron chi connectivity index (χ4n) is 2.58. The Hall–Kier alpha value is -0.910. The fraction of sp³-hybridized carbons (Fsp3) is 0.600. The van der Waals surface area contributed by atoms with Crippen LogP contribution in [0.2, 0.25) is 0 Å². The lowest BCUT2D eigenvalue weighted by molar-refractivity contribution is 0.244. The number of benzene rings is 1. The number of hydrogen-bond acceptors (Lipinski definition) is 3. The normalized spacial score (nSPS) is 24.8. The highest BCUT2D eigenvalue weighted by Crippen LogP contribution is 2.21. The molecule has 1 aromatic rings. The van der Waals surface area contributed by atoms with Gasteiger partial charge in [0.1, 0.15) is 0 Å². The Labute approximate surface area is 122 Å². The van der Waals surface area contributed by atoms with Crippen molar-refractivity contribution in [3.63, 3.8) is 0 Å². The van der Waals surface area contributed by atoms with E-state index in [4.69, 9.17) is 0 Å². The molecule has 112 valence electrons. The van der Waals surface area contributed by atoms with E-state index in [0.29, 0.717) is 18.0 Å². The minimum Gasteiger partial charge on any atom is -0.311 e. The number of piperazine rings is 1. The van der Waals surface area contributed by atoms with E-state index in [1.54, 1.807) is 16.4 Å². The summed E-state index contributed by atoms with van der Waals surface area (Å²) in [7, 11) is -3.38. The second kappa shape index (κ2) is 6.24. The van der Waals surface area contributed by atoms with Crippen LogP contribution in [0.25, 0.3) is 0 Å². The molecule has 1 fully saturated rings. The van der Waals surface area contributed by atoms with E-state index in [1.165, 1.54) is 5.56 Å². The monoisotopic (exact) mass is 296 g/mol. The number of nitrogens with zero attached hydrogens (tertiary/aromatic N) is 1. The molecule has 0 spiro atoms. The summed E-state index contributed by atoms with van der Waals surface area (Å²) in [5, 5.41) is 3.31. The van der Waals surface area contributed by atoms with Crippen LogP contribution in [-0.2, 0) is 16.4 Å². The second-order valence-electron chi connectivity index (χ2n) is 5.63. The minimum atomic E-state index is -3.38. The Bertz CT molecular complexity index is 539. The molecule has 4 nitrogen and oxygen atoms in total. The molecule has 0 aliphatic carbocycles. The van der Waals surface area contributed by atoms with Gasteiger partial charge in [-0.3, -0.25) is 0 Å². The number of aryl methyl sites for hydroxylation is 1. The molecule has 20 heavy (non-hydrogen) atoms. The molecule has 5 heteroatoms. The van der Waals surface area contributed by atoms with Crippen LogP contribution in [0.1, 0.15) is 32.8 Å². The number of sulfonamides is 1. The van der Waals surface area contributed by atoms with Gasteiger partial charge in [0.05, 0.1) is 4.90 Å². The van der Waals surface area contributed by atoms with E-state index < -0.39 is 10.0 Å². The average molecular weight is 296 g/mol. The van der Waals surface area contributed by atoms with Gasteiger partial charge >= 0.3 is 0 Å². The van der Waals surface area contributed by atoms with Crippen molar-refractivity contribution < 1.29 is 8.42 Å². The summed E-state index contributed by atoms with van der Waals surface area (Å²) in [4.78, 5) is 0.401. The summed E-state index contributed by atoms with van der Waals surface area (Å²) in [6.07, 6.45) is 2.06. The molecule has 1 aliphatic heterocycles. The Morgan fingerprint density at radius 3 is 2.50 bits per heavy atom. The maximum Gasteiger partial charge on any atom is 0.243 e. The molecule has 1 aromatic carbocycles. The van der Waals surface area contributed by atoms with E-state index in [0.717, 1.165) is 12.8 Å². The lowest BCUT2D eigenvalue weighted by Gasteiger charge is -2.36. The lowest BCUT2D eigenvalue weighted by atomic mass is 10.1. The average Bonchev–Trinajstić information content (AvgIpc) is 2.42. The third kappa shape index (κ3) is 3.22. The van der Waals surface area contributed by atoms with Crippen LogP contribution >= 0.6 is 0 Å². The van der Waals surface area contributed by atoms with Gasteiger partial charge in [-0.2, -0.15) is 4.31 Å². The van der Waals surface area contributed by atoms with Crippen LogP contribution in [0.15, 0.2) is 29.2 Å². The highest BCUT2D eigenvalue weighted by molar-refractivity contribution is 7.89. The van der Waals surface area contributed by atoms with Gasteiger partial charge in [-0.15, -0.1) is 0 Å². The van der Waals surface area contributed by atoms with Gasteiger partial charge in [0, 0.05) is 25.2 Å². The maximum atomic E-state index is 12.7. The summed E-state index contributed by atoms with van der Waals surface area (Å²) >= 11 is 0. The second-order valence-corrected chi connectivity index (χ2v) is 7.52. The van der Waals surface area contributed by atoms with Crippen molar-refractivity contribution in [3.8, 4) is 0 Å². The van der Waals surface area contributed by atoms with Crippen molar-refractivity contribution in [2.24, 2.45) is 0 Å². The standard InChI is InChI=1S/C15H24N2O2S/c1-4-5-14-6-8-15(9-7-14)20(18,19)17-11-12(2)16-10-13(17)3/h6-9,12-13,16H,4-5,10-11H2,1-3H3. The van der Waals surface area contributed by atoms with Crippen LogP contribution in [0, 0.1) is 0 Å². The zero-order valence-corrected chi connectivity index (χ0v) is 13.3. The Balaban J connectivity index is 2.24. The molecule has 0 aromatic heterocycles. The number of hydrogen-bond donors (Lipinski definition) is 1. The molecule has 0 saturated carbocycles. The van der Waals surface area contributed by atoms with Crippen molar-refractivity contribution in [1.29, 1.82) is 0 Å². The minimum absolute atomic E-state index is 0.00785. The van der Waals surface area contributed by atoms with E-state index >= 15 is 0 Å². The zero-order valence-electron chi connectivity index (χ0n) is 12.5. The molecule has 0 radical (unpaired) electrons. The van der Waals surface area contributed by atoms with E-state index in [1.807, 2.05) is 26.0 Å². The zero-order chi connectivity index (χ0) is 14.8. The third-order valence-corrected chi connectivity index (χ3v) is 5.77. The number of rotatable bonds is 4. The molecule has 2 unspecified atom stereocenters. The highest BCUT2D eigenvalue weighted by atomic mass is 32.2. The Morgan fingerprint density at radius 1 is 1.25 bits per heavy atom. The maximum absolute atomic E-state index is 12.7. The van der Waals surface area contributed by atoms with Gasteiger partial charge in [-0.25, -0.2) is 8.42 Å². The summed E-state index contributed by atoms with van der Waals surface area (Å²) in [5.41, 5.74) is 1.19. The molecule has 1 saturated heterocycles. The third-order valence-electron chi connectivity index (χ3n) is 3.78. The van der Waals surface area contributed by atoms with Gasteiger partial charge in [0.2, 0.25) is 10.0 Å². The van der Waals surface area contributed by atoms with Gasteiger partial charge in [0.25, 0.3) is 0 Å². The Morgan fingerprint density at radius 2 is 1.90 bits per heavy atom. The van der Waals surface area contributed by atoms with E-state index in [-0.39, 0.29) is 12.1 Å². The molecule has 2 rings (SSSR count). The summed E-state index contributed by atoms with van der Waals surface area (Å²) < 4.78 is 27.0. The topological polar surface area (TPSA) is 49.4 Å². The van der Waals surface area contributed by atoms with Crippen molar-refractivity contribution in [1.82, 2.24) is 9.62 Å². The van der Waals surface area contributed by atoms with Gasteiger partial charge in [0.15, 0.2) is 0 Å². The van der Waals surface area contributed by atoms with Crippen molar-refractivity contribution >= 4 is 10.0 Å². The molecule has 0 amide bonds. The van der Waals surface area contributed by atoms with Crippen molar-refractivity contribution in [2.75, 3.05) is 13.1 Å². The summed E-state index contributed by atoms with van der Waals surface area (Å²) in [6, 6.07) is 7.51. The smallest absolute Gasteiger partial charge is 0.243 e. The van der Waals surface area contributed by atoms with E-state index in [9.17, 15) is 8.42 Å². The van der Waals surface area contributed by atoms with Crippen molar-refractivity contribution in [2.45, 2.75) is 50.6 Å². The molecule has 1 heterocycles. The first kappa shape index (κ1) is 15.5.